The molecule has 0 aliphatic carbocycles. The van der Waals surface area contributed by atoms with Gasteiger partial charge in [-0.15, -0.1) is 0 Å². The second kappa shape index (κ2) is 6.37. The normalized spacial score (nSPS) is 16.3. The number of carbonyl (C=O) groups is 1. The summed E-state index contributed by atoms with van der Waals surface area (Å²) in [5, 5.41) is 7.26. The van der Waals surface area contributed by atoms with E-state index in [2.05, 4.69) is 10.4 Å². The average molecular weight is 353 g/mol. The van der Waals surface area contributed by atoms with Gasteiger partial charge in [-0.25, -0.2) is 13.5 Å². The number of halogens is 2. The molecule has 1 aliphatic rings. The van der Waals surface area contributed by atoms with E-state index in [0.717, 1.165) is 23.7 Å². The number of aromatic nitrogens is 2. The predicted octanol–water partition coefficient (Wildman–Crippen LogP) is 4.19. The highest BCUT2D eigenvalue weighted by atomic mass is 19.2. The van der Waals surface area contributed by atoms with Gasteiger partial charge >= 0.3 is 0 Å². The van der Waals surface area contributed by atoms with Crippen LogP contribution in [0.25, 0.3) is 5.69 Å². The average Bonchev–Trinajstić information content (AvgIpc) is 3.07. The monoisotopic (exact) mass is 353 g/mol. The molecule has 2 heterocycles. The molecule has 0 fully saturated rings. The van der Waals surface area contributed by atoms with Crippen LogP contribution in [-0.4, -0.2) is 15.7 Å². The first-order valence-corrected chi connectivity index (χ1v) is 8.50. The van der Waals surface area contributed by atoms with Crippen molar-refractivity contribution in [1.29, 1.82) is 0 Å². The number of carbonyl (C=O) groups excluding carboxylic acids is 1. The second-order valence-corrected chi connectivity index (χ2v) is 6.29. The van der Waals surface area contributed by atoms with Crippen molar-refractivity contribution in [3.05, 3.63) is 77.0 Å². The molecule has 1 unspecified atom stereocenters. The van der Waals surface area contributed by atoms with E-state index in [0.29, 0.717) is 11.4 Å². The van der Waals surface area contributed by atoms with E-state index >= 15 is 0 Å². The highest BCUT2D eigenvalue weighted by Gasteiger charge is 2.32. The quantitative estimate of drug-likeness (QED) is 0.768. The molecule has 0 saturated carbocycles. The highest BCUT2D eigenvalue weighted by molar-refractivity contribution is 5.94. The van der Waals surface area contributed by atoms with Crippen LogP contribution in [0.1, 0.15) is 36.0 Å². The largest absolute Gasteiger partial charge is 0.310 e. The number of anilines is 1. The SMILES string of the molecule is CCc1ccccc1-n1ncc2c1NC(=O)CC2c1cccc(F)c1F. The van der Waals surface area contributed by atoms with Crippen molar-refractivity contribution in [3.8, 4) is 5.69 Å². The fourth-order valence-electron chi connectivity index (χ4n) is 3.49. The van der Waals surface area contributed by atoms with Gasteiger partial charge in [0.1, 0.15) is 5.82 Å². The summed E-state index contributed by atoms with van der Waals surface area (Å²) in [4.78, 5) is 12.3. The molecular formula is C20H17F2N3O. The minimum absolute atomic E-state index is 0.0501. The molecule has 4 rings (SSSR count). The van der Waals surface area contributed by atoms with E-state index < -0.39 is 17.6 Å². The van der Waals surface area contributed by atoms with Crippen LogP contribution in [0.15, 0.2) is 48.7 Å². The fourth-order valence-corrected chi connectivity index (χ4v) is 3.49. The third kappa shape index (κ3) is 2.58. The molecular weight excluding hydrogens is 336 g/mol. The molecule has 1 amide bonds. The van der Waals surface area contributed by atoms with Gasteiger partial charge in [0, 0.05) is 17.9 Å². The Bertz CT molecular complexity index is 996. The third-order valence-corrected chi connectivity index (χ3v) is 4.78. The number of rotatable bonds is 3. The van der Waals surface area contributed by atoms with Gasteiger partial charge in [0.15, 0.2) is 11.6 Å². The molecule has 6 heteroatoms. The van der Waals surface area contributed by atoms with Crippen LogP contribution in [-0.2, 0) is 11.2 Å². The third-order valence-electron chi connectivity index (χ3n) is 4.78. The van der Waals surface area contributed by atoms with Crippen LogP contribution < -0.4 is 5.32 Å². The molecule has 0 saturated heterocycles. The Kier molecular flexibility index (Phi) is 4.03. The van der Waals surface area contributed by atoms with E-state index in [1.54, 1.807) is 10.9 Å². The summed E-state index contributed by atoms with van der Waals surface area (Å²) < 4.78 is 29.7. The number of nitrogens with one attached hydrogen (secondary N) is 1. The Morgan fingerprint density at radius 2 is 1.96 bits per heavy atom. The van der Waals surface area contributed by atoms with Crippen molar-refractivity contribution in [2.45, 2.75) is 25.7 Å². The van der Waals surface area contributed by atoms with Crippen LogP contribution in [0.2, 0.25) is 0 Å². The van der Waals surface area contributed by atoms with Gasteiger partial charge in [-0.05, 0) is 29.7 Å². The fraction of sp³-hybridized carbons (Fsp3) is 0.200. The van der Waals surface area contributed by atoms with E-state index in [9.17, 15) is 13.6 Å². The standard InChI is InChI=1S/C20H17F2N3O/c1-2-12-6-3-4-9-17(12)25-20-15(11-23-25)14(10-18(26)24-20)13-7-5-8-16(21)19(13)22/h3-9,11,14H,2,10H2,1H3,(H,24,26). The molecule has 4 nitrogen and oxygen atoms in total. The van der Waals surface area contributed by atoms with Crippen molar-refractivity contribution in [2.24, 2.45) is 0 Å². The summed E-state index contributed by atoms with van der Waals surface area (Å²) in [6.07, 6.45) is 2.48. The van der Waals surface area contributed by atoms with Gasteiger partial charge in [0.05, 0.1) is 11.9 Å². The van der Waals surface area contributed by atoms with Crippen molar-refractivity contribution in [1.82, 2.24) is 9.78 Å². The Balaban J connectivity index is 1.87. The molecule has 1 N–H and O–H groups in total. The number of fused-ring (bicyclic) bond motifs is 1. The minimum atomic E-state index is -0.918. The van der Waals surface area contributed by atoms with Gasteiger partial charge < -0.3 is 5.32 Å². The first-order valence-electron chi connectivity index (χ1n) is 8.50. The number of nitrogens with zero attached hydrogens (tertiary/aromatic N) is 2. The summed E-state index contributed by atoms with van der Waals surface area (Å²) in [5.74, 6) is -2.15. The van der Waals surface area contributed by atoms with E-state index in [1.807, 2.05) is 31.2 Å². The highest BCUT2D eigenvalue weighted by Crippen LogP contribution is 2.39. The molecule has 26 heavy (non-hydrogen) atoms. The lowest BCUT2D eigenvalue weighted by molar-refractivity contribution is -0.116. The Hall–Kier alpha value is -3.02. The van der Waals surface area contributed by atoms with E-state index in [-0.39, 0.29) is 17.9 Å². The van der Waals surface area contributed by atoms with Crippen LogP contribution in [0, 0.1) is 11.6 Å². The summed E-state index contributed by atoms with van der Waals surface area (Å²) in [6, 6.07) is 11.8. The summed E-state index contributed by atoms with van der Waals surface area (Å²) in [6.45, 7) is 2.04. The lowest BCUT2D eigenvalue weighted by atomic mass is 9.87. The minimum Gasteiger partial charge on any atom is -0.310 e. The molecule has 1 aromatic heterocycles. The molecule has 1 aliphatic heterocycles. The first kappa shape index (κ1) is 16.4. The number of amides is 1. The van der Waals surface area contributed by atoms with Crippen molar-refractivity contribution in [2.75, 3.05) is 5.32 Å². The zero-order chi connectivity index (χ0) is 18.3. The smallest absolute Gasteiger partial charge is 0.226 e. The Morgan fingerprint density at radius 3 is 2.77 bits per heavy atom. The number of hydrogen-bond acceptors (Lipinski definition) is 2. The Labute approximate surface area is 149 Å². The van der Waals surface area contributed by atoms with E-state index in [1.165, 1.54) is 12.1 Å². The lowest BCUT2D eigenvalue weighted by Crippen LogP contribution is -2.25. The number of aryl methyl sites for hydroxylation is 1. The predicted molar refractivity (Wildman–Crippen MR) is 94.4 cm³/mol. The lowest BCUT2D eigenvalue weighted by Gasteiger charge is -2.24. The molecule has 2 aromatic carbocycles. The zero-order valence-electron chi connectivity index (χ0n) is 14.2. The molecule has 1 atom stereocenters. The molecule has 132 valence electrons. The molecule has 0 bridgehead atoms. The van der Waals surface area contributed by atoms with Gasteiger partial charge in [-0.3, -0.25) is 4.79 Å². The van der Waals surface area contributed by atoms with Crippen molar-refractivity contribution >= 4 is 11.7 Å². The first-order chi connectivity index (χ1) is 12.6. The summed E-state index contributed by atoms with van der Waals surface area (Å²) in [7, 11) is 0. The van der Waals surface area contributed by atoms with Crippen LogP contribution >= 0.6 is 0 Å². The van der Waals surface area contributed by atoms with Crippen LogP contribution in [0.3, 0.4) is 0 Å². The van der Waals surface area contributed by atoms with E-state index in [4.69, 9.17) is 0 Å². The zero-order valence-corrected chi connectivity index (χ0v) is 14.2. The number of para-hydroxylation sites is 1. The molecule has 0 radical (unpaired) electrons. The van der Waals surface area contributed by atoms with Crippen LogP contribution in [0.5, 0.6) is 0 Å². The maximum Gasteiger partial charge on any atom is 0.226 e. The van der Waals surface area contributed by atoms with Gasteiger partial charge in [-0.1, -0.05) is 37.3 Å². The Morgan fingerprint density at radius 1 is 1.15 bits per heavy atom. The van der Waals surface area contributed by atoms with Gasteiger partial charge in [0.25, 0.3) is 0 Å². The van der Waals surface area contributed by atoms with Crippen LogP contribution in [0.4, 0.5) is 14.6 Å². The maximum atomic E-state index is 14.3. The van der Waals surface area contributed by atoms with Crippen molar-refractivity contribution < 1.29 is 13.6 Å². The van der Waals surface area contributed by atoms with Gasteiger partial charge in [-0.2, -0.15) is 5.10 Å². The molecule has 0 spiro atoms. The van der Waals surface area contributed by atoms with Gasteiger partial charge in [0.2, 0.25) is 5.91 Å². The number of hydrogen-bond donors (Lipinski definition) is 1. The molecule has 3 aromatic rings. The second-order valence-electron chi connectivity index (χ2n) is 6.29. The maximum absolute atomic E-state index is 14.3. The summed E-state index contributed by atoms with van der Waals surface area (Å²) in [5.41, 5.74) is 2.79. The summed E-state index contributed by atoms with van der Waals surface area (Å²) >= 11 is 0. The topological polar surface area (TPSA) is 46.9 Å². The van der Waals surface area contributed by atoms with Crippen molar-refractivity contribution in [3.63, 3.8) is 0 Å². The number of benzene rings is 2.